The summed E-state index contributed by atoms with van der Waals surface area (Å²) in [7, 11) is -3.29. The maximum atomic E-state index is 13.0. The number of sulfonamides is 1. The monoisotopic (exact) mass is 467 g/mol. The predicted octanol–water partition coefficient (Wildman–Crippen LogP) is 2.94. The van der Waals surface area contributed by atoms with Crippen molar-refractivity contribution in [3.8, 4) is 0 Å². The third kappa shape index (κ3) is 7.73. The van der Waals surface area contributed by atoms with Gasteiger partial charge in [-0.1, -0.05) is 0 Å². The highest BCUT2D eigenvalue weighted by Gasteiger charge is 2.32. The largest absolute Gasteiger partial charge is 0.416 e. The van der Waals surface area contributed by atoms with E-state index in [1.54, 1.807) is 13.8 Å². The van der Waals surface area contributed by atoms with Gasteiger partial charge >= 0.3 is 6.18 Å². The van der Waals surface area contributed by atoms with Gasteiger partial charge < -0.3 is 10.2 Å². The molecule has 0 atom stereocenters. The molecule has 2 rings (SSSR count). The van der Waals surface area contributed by atoms with Crippen LogP contribution in [0.15, 0.2) is 18.2 Å². The minimum Gasteiger partial charge on any atom is -0.352 e. The van der Waals surface area contributed by atoms with Crippen LogP contribution in [0, 0.1) is 5.92 Å². The van der Waals surface area contributed by atoms with E-state index in [1.165, 1.54) is 0 Å². The molecule has 0 radical (unpaired) electrons. The van der Waals surface area contributed by atoms with Crippen LogP contribution in [0.25, 0.3) is 0 Å². The van der Waals surface area contributed by atoms with E-state index in [0.29, 0.717) is 25.7 Å². The Hall–Kier alpha value is -1.72. The number of nitrogens with one attached hydrogen (secondary N) is 2. The number of benzene rings is 1. The van der Waals surface area contributed by atoms with Gasteiger partial charge in [0.05, 0.1) is 10.8 Å². The van der Waals surface area contributed by atoms with E-state index in [-0.39, 0.29) is 17.0 Å². The Morgan fingerprint density at radius 3 is 2.39 bits per heavy atom. The van der Waals surface area contributed by atoms with Crippen molar-refractivity contribution in [2.24, 2.45) is 5.92 Å². The summed E-state index contributed by atoms with van der Waals surface area (Å²) in [6, 6.07) is 2.56. The Morgan fingerprint density at radius 2 is 1.84 bits per heavy atom. The summed E-state index contributed by atoms with van der Waals surface area (Å²) in [6.45, 7) is 4.83. The summed E-state index contributed by atoms with van der Waals surface area (Å²) >= 11 is 0. The molecule has 0 unspecified atom stereocenters. The number of carbonyl (C=O) groups excluding carboxylic acids is 1. The average Bonchev–Trinajstić information content (AvgIpc) is 2.71. The number of likely N-dealkylation sites (tertiary alicyclic amines) is 1. The van der Waals surface area contributed by atoms with Gasteiger partial charge in [-0.15, -0.1) is 0 Å². The van der Waals surface area contributed by atoms with Crippen LogP contribution in [0.1, 0.15) is 48.2 Å². The first-order valence-corrected chi connectivity index (χ1v) is 11.7. The molecule has 1 aliphatic heterocycles. The molecule has 1 aliphatic rings. The van der Waals surface area contributed by atoms with Gasteiger partial charge in [0.15, 0.2) is 0 Å². The number of alkyl halides is 4. The van der Waals surface area contributed by atoms with E-state index in [2.05, 4.69) is 14.9 Å². The molecule has 1 aromatic rings. The minimum absolute atomic E-state index is 0.166. The number of carbonyl (C=O) groups is 1. The lowest BCUT2D eigenvalue weighted by Gasteiger charge is -2.32. The molecule has 1 heterocycles. The van der Waals surface area contributed by atoms with Crippen LogP contribution in [0.5, 0.6) is 0 Å². The molecular formula is C20H29F4N3O3S. The Labute approximate surface area is 180 Å². The highest BCUT2D eigenvalue weighted by molar-refractivity contribution is 7.90. The quantitative estimate of drug-likeness (QED) is 0.548. The summed E-state index contributed by atoms with van der Waals surface area (Å²) in [5.74, 6) is -0.495. The third-order valence-electron chi connectivity index (χ3n) is 5.35. The topological polar surface area (TPSA) is 78.5 Å². The lowest BCUT2D eigenvalue weighted by Crippen LogP contribution is -2.42. The van der Waals surface area contributed by atoms with Crippen LogP contribution >= 0.6 is 0 Å². The van der Waals surface area contributed by atoms with Crippen LogP contribution in [-0.4, -0.2) is 57.2 Å². The predicted molar refractivity (Wildman–Crippen MR) is 110 cm³/mol. The minimum atomic E-state index is -4.66. The van der Waals surface area contributed by atoms with Crippen LogP contribution < -0.4 is 10.0 Å². The maximum absolute atomic E-state index is 13.0. The molecule has 31 heavy (non-hydrogen) atoms. The van der Waals surface area contributed by atoms with Gasteiger partial charge in [0.25, 0.3) is 5.91 Å². The van der Waals surface area contributed by atoms with Crippen molar-refractivity contribution in [2.45, 2.75) is 44.8 Å². The SMILES string of the molecule is CC(C)S(=O)(=O)NCCN1CCC(CNC(=O)c2cc(CF)cc(C(F)(F)F)c2)CC1. The van der Waals surface area contributed by atoms with Gasteiger partial charge in [-0.05, 0) is 69.5 Å². The van der Waals surface area contributed by atoms with Gasteiger partial charge in [0, 0.05) is 25.2 Å². The molecule has 0 aromatic heterocycles. The second kappa shape index (κ2) is 10.7. The van der Waals surface area contributed by atoms with Gasteiger partial charge in [-0.2, -0.15) is 13.2 Å². The van der Waals surface area contributed by atoms with Crippen molar-refractivity contribution in [1.82, 2.24) is 14.9 Å². The zero-order valence-corrected chi connectivity index (χ0v) is 18.5. The molecule has 176 valence electrons. The molecule has 0 aliphatic carbocycles. The first kappa shape index (κ1) is 25.5. The van der Waals surface area contributed by atoms with Crippen molar-refractivity contribution in [1.29, 1.82) is 0 Å². The standard InChI is InChI=1S/C20H29F4N3O3S/c1-14(2)31(29,30)26-5-8-27-6-3-15(4-7-27)13-25-19(28)17-9-16(12-21)10-18(11-17)20(22,23)24/h9-11,14-15,26H,3-8,12-13H2,1-2H3,(H,25,28). The highest BCUT2D eigenvalue weighted by Crippen LogP contribution is 2.31. The normalized spacial score (nSPS) is 16.6. The Bertz CT molecular complexity index is 852. The van der Waals surface area contributed by atoms with Crippen molar-refractivity contribution < 1.29 is 30.8 Å². The number of nitrogens with zero attached hydrogens (tertiary/aromatic N) is 1. The van der Waals surface area contributed by atoms with Gasteiger partial charge in [0.1, 0.15) is 6.67 Å². The second-order valence-corrected chi connectivity index (χ2v) is 10.4. The molecule has 2 N–H and O–H groups in total. The number of hydrogen-bond acceptors (Lipinski definition) is 4. The van der Waals surface area contributed by atoms with E-state index < -0.39 is 39.6 Å². The number of rotatable bonds is 9. The molecule has 0 bridgehead atoms. The fraction of sp³-hybridized carbons (Fsp3) is 0.650. The Balaban J connectivity index is 1.80. The van der Waals surface area contributed by atoms with Crippen LogP contribution in [0.3, 0.4) is 0 Å². The van der Waals surface area contributed by atoms with E-state index in [4.69, 9.17) is 0 Å². The molecule has 11 heteroatoms. The van der Waals surface area contributed by atoms with Crippen molar-refractivity contribution in [2.75, 3.05) is 32.7 Å². The van der Waals surface area contributed by atoms with Gasteiger partial charge in [-0.25, -0.2) is 17.5 Å². The molecule has 1 fully saturated rings. The van der Waals surface area contributed by atoms with Gasteiger partial charge in [-0.3, -0.25) is 4.79 Å². The molecule has 1 aromatic carbocycles. The van der Waals surface area contributed by atoms with Crippen LogP contribution in [0.2, 0.25) is 0 Å². The zero-order chi connectivity index (χ0) is 23.2. The Kier molecular flexibility index (Phi) is 8.84. The third-order valence-corrected chi connectivity index (χ3v) is 7.19. The van der Waals surface area contributed by atoms with E-state index >= 15 is 0 Å². The number of halogens is 4. The van der Waals surface area contributed by atoms with Gasteiger partial charge in [0.2, 0.25) is 10.0 Å². The fourth-order valence-electron chi connectivity index (χ4n) is 3.33. The Morgan fingerprint density at radius 1 is 1.19 bits per heavy atom. The number of piperidine rings is 1. The highest BCUT2D eigenvalue weighted by atomic mass is 32.2. The number of amides is 1. The first-order valence-electron chi connectivity index (χ1n) is 10.2. The molecule has 1 amide bonds. The maximum Gasteiger partial charge on any atom is 0.416 e. The van der Waals surface area contributed by atoms with Crippen molar-refractivity contribution >= 4 is 15.9 Å². The van der Waals surface area contributed by atoms with E-state index in [9.17, 15) is 30.8 Å². The lowest BCUT2D eigenvalue weighted by atomic mass is 9.96. The summed E-state index contributed by atoms with van der Waals surface area (Å²) in [5, 5.41) is 2.16. The summed E-state index contributed by atoms with van der Waals surface area (Å²) in [5.41, 5.74) is -1.45. The summed E-state index contributed by atoms with van der Waals surface area (Å²) in [6.07, 6.45) is -3.11. The lowest BCUT2D eigenvalue weighted by molar-refractivity contribution is -0.137. The van der Waals surface area contributed by atoms with Crippen LogP contribution in [0.4, 0.5) is 17.6 Å². The van der Waals surface area contributed by atoms with Crippen molar-refractivity contribution in [3.05, 3.63) is 34.9 Å². The second-order valence-electron chi connectivity index (χ2n) is 8.03. The van der Waals surface area contributed by atoms with E-state index in [1.807, 2.05) is 0 Å². The zero-order valence-electron chi connectivity index (χ0n) is 17.6. The van der Waals surface area contributed by atoms with Crippen LogP contribution in [-0.2, 0) is 22.9 Å². The molecule has 1 saturated heterocycles. The fourth-order valence-corrected chi connectivity index (χ4v) is 4.04. The average molecular weight is 468 g/mol. The molecule has 0 spiro atoms. The summed E-state index contributed by atoms with van der Waals surface area (Å²) in [4.78, 5) is 14.4. The molecule has 0 saturated carbocycles. The molecule has 6 nitrogen and oxygen atoms in total. The van der Waals surface area contributed by atoms with E-state index in [0.717, 1.165) is 38.1 Å². The van der Waals surface area contributed by atoms with Crippen molar-refractivity contribution in [3.63, 3.8) is 0 Å². The summed E-state index contributed by atoms with van der Waals surface area (Å²) < 4.78 is 77.8. The number of hydrogen-bond donors (Lipinski definition) is 2. The smallest absolute Gasteiger partial charge is 0.352 e. The molecular weight excluding hydrogens is 438 g/mol. The first-order chi connectivity index (χ1) is 14.4.